The van der Waals surface area contributed by atoms with Gasteiger partial charge in [-0.3, -0.25) is 0 Å². The molecule has 3 rings (SSSR count). The molecule has 1 fully saturated rings. The Hall–Kier alpha value is -1.37. The lowest BCUT2D eigenvalue weighted by Gasteiger charge is -2.36. The number of likely N-dealkylation sites (N-methyl/N-ethyl adjacent to an activating group) is 1. The van der Waals surface area contributed by atoms with Crippen LogP contribution < -0.4 is 4.90 Å². The van der Waals surface area contributed by atoms with E-state index in [1.807, 2.05) is 11.9 Å². The van der Waals surface area contributed by atoms with Gasteiger partial charge in [0.25, 0.3) is 0 Å². The summed E-state index contributed by atoms with van der Waals surface area (Å²) >= 11 is 0. The summed E-state index contributed by atoms with van der Waals surface area (Å²) in [6.45, 7) is 2.53. The van der Waals surface area contributed by atoms with E-state index in [0.717, 1.165) is 32.1 Å². The molecule has 0 radical (unpaired) electrons. The lowest BCUT2D eigenvalue weighted by Crippen LogP contribution is -2.46. The predicted octanol–water partition coefficient (Wildman–Crippen LogP) is 1.95. The number of nitrogens with zero attached hydrogens (tertiary/aromatic N) is 4. The molecule has 2 aliphatic heterocycles. The van der Waals surface area contributed by atoms with Crippen molar-refractivity contribution in [1.82, 2.24) is 15.1 Å². The van der Waals surface area contributed by atoms with Gasteiger partial charge in [-0.1, -0.05) is 0 Å². The van der Waals surface area contributed by atoms with E-state index in [-0.39, 0.29) is 6.04 Å². The molecule has 1 aromatic heterocycles. The molecule has 4 nitrogen and oxygen atoms in total. The SMILES string of the molecule is CN1CCC[C@@H](N2CCc3c(C(F)(F)F)cnnc32)C1. The number of halogens is 3. The van der Waals surface area contributed by atoms with Gasteiger partial charge in [0.1, 0.15) is 0 Å². The lowest BCUT2D eigenvalue weighted by atomic mass is 10.1. The number of piperidine rings is 1. The minimum Gasteiger partial charge on any atom is -0.350 e. The summed E-state index contributed by atoms with van der Waals surface area (Å²) in [7, 11) is 2.04. The first kappa shape index (κ1) is 13.6. The van der Waals surface area contributed by atoms with Gasteiger partial charge in [0.2, 0.25) is 0 Å². The van der Waals surface area contributed by atoms with Crippen LogP contribution in [0.3, 0.4) is 0 Å². The van der Waals surface area contributed by atoms with Gasteiger partial charge in [0.15, 0.2) is 5.82 Å². The van der Waals surface area contributed by atoms with Gasteiger partial charge >= 0.3 is 6.18 Å². The maximum Gasteiger partial charge on any atom is 0.418 e. The summed E-state index contributed by atoms with van der Waals surface area (Å²) in [6, 6.07) is 0.243. The van der Waals surface area contributed by atoms with Crippen LogP contribution >= 0.6 is 0 Å². The van der Waals surface area contributed by atoms with Crippen molar-refractivity contribution in [3.63, 3.8) is 0 Å². The van der Waals surface area contributed by atoms with Gasteiger partial charge in [-0.15, -0.1) is 5.10 Å². The van der Waals surface area contributed by atoms with Crippen LogP contribution in [0.4, 0.5) is 19.0 Å². The smallest absolute Gasteiger partial charge is 0.350 e. The molecular formula is C13H17F3N4. The third-order valence-electron chi connectivity index (χ3n) is 4.15. The Morgan fingerprint density at radius 1 is 1.30 bits per heavy atom. The second-order valence-electron chi connectivity index (χ2n) is 5.56. The fourth-order valence-corrected chi connectivity index (χ4v) is 3.21. The zero-order chi connectivity index (χ0) is 14.3. The number of anilines is 1. The van der Waals surface area contributed by atoms with Crippen molar-refractivity contribution in [2.75, 3.05) is 31.6 Å². The van der Waals surface area contributed by atoms with Crippen molar-refractivity contribution in [3.8, 4) is 0 Å². The van der Waals surface area contributed by atoms with E-state index in [1.54, 1.807) is 0 Å². The van der Waals surface area contributed by atoms with E-state index in [1.165, 1.54) is 0 Å². The van der Waals surface area contributed by atoms with Gasteiger partial charge in [-0.05, 0) is 32.9 Å². The van der Waals surface area contributed by atoms with E-state index in [0.29, 0.717) is 24.3 Å². The summed E-state index contributed by atoms with van der Waals surface area (Å²) in [4.78, 5) is 4.22. The molecule has 20 heavy (non-hydrogen) atoms. The zero-order valence-corrected chi connectivity index (χ0v) is 11.3. The molecule has 3 heterocycles. The summed E-state index contributed by atoms with van der Waals surface area (Å²) in [5.41, 5.74) is -0.324. The third kappa shape index (κ3) is 2.34. The molecule has 0 N–H and O–H groups in total. The number of hydrogen-bond acceptors (Lipinski definition) is 4. The van der Waals surface area contributed by atoms with Crippen LogP contribution in [0.25, 0.3) is 0 Å². The fourth-order valence-electron chi connectivity index (χ4n) is 3.21. The highest BCUT2D eigenvalue weighted by Crippen LogP contribution is 2.38. The van der Waals surface area contributed by atoms with Crippen LogP contribution in [-0.2, 0) is 12.6 Å². The molecule has 1 saturated heterocycles. The van der Waals surface area contributed by atoms with Crippen molar-refractivity contribution in [2.24, 2.45) is 0 Å². The molecule has 0 amide bonds. The Morgan fingerprint density at radius 3 is 2.80 bits per heavy atom. The van der Waals surface area contributed by atoms with Crippen molar-refractivity contribution in [2.45, 2.75) is 31.5 Å². The minimum absolute atomic E-state index is 0.243. The highest BCUT2D eigenvalue weighted by atomic mass is 19.4. The molecule has 0 unspecified atom stereocenters. The Bertz CT molecular complexity index is 503. The number of alkyl halides is 3. The first-order chi connectivity index (χ1) is 9.47. The molecule has 0 bridgehead atoms. The van der Waals surface area contributed by atoms with Gasteiger partial charge < -0.3 is 9.80 Å². The Labute approximate surface area is 115 Å². The van der Waals surface area contributed by atoms with Crippen molar-refractivity contribution in [1.29, 1.82) is 0 Å². The lowest BCUT2D eigenvalue weighted by molar-refractivity contribution is -0.138. The molecular weight excluding hydrogens is 269 g/mol. The zero-order valence-electron chi connectivity index (χ0n) is 11.3. The second kappa shape index (κ2) is 4.87. The number of likely N-dealkylation sites (tertiary alicyclic amines) is 1. The highest BCUT2D eigenvalue weighted by molar-refractivity contribution is 5.55. The Kier molecular flexibility index (Phi) is 3.32. The topological polar surface area (TPSA) is 32.3 Å². The summed E-state index contributed by atoms with van der Waals surface area (Å²) in [5.74, 6) is 0.431. The third-order valence-corrected chi connectivity index (χ3v) is 4.15. The molecule has 110 valence electrons. The molecule has 0 aromatic carbocycles. The Morgan fingerprint density at radius 2 is 2.10 bits per heavy atom. The van der Waals surface area contributed by atoms with E-state index in [2.05, 4.69) is 15.1 Å². The van der Waals surface area contributed by atoms with Gasteiger partial charge in [-0.2, -0.15) is 18.3 Å². The molecule has 1 aromatic rings. The van der Waals surface area contributed by atoms with E-state index < -0.39 is 11.7 Å². The molecule has 2 aliphatic rings. The van der Waals surface area contributed by atoms with E-state index in [4.69, 9.17) is 0 Å². The summed E-state index contributed by atoms with van der Waals surface area (Å²) in [5, 5.41) is 7.53. The average Bonchev–Trinajstić information content (AvgIpc) is 2.81. The highest BCUT2D eigenvalue weighted by Gasteiger charge is 2.39. The monoisotopic (exact) mass is 286 g/mol. The summed E-state index contributed by atoms with van der Waals surface area (Å²) < 4.78 is 38.9. The van der Waals surface area contributed by atoms with Crippen molar-refractivity contribution >= 4 is 5.82 Å². The van der Waals surface area contributed by atoms with Crippen LogP contribution in [0.1, 0.15) is 24.0 Å². The fraction of sp³-hybridized carbons (Fsp3) is 0.692. The number of hydrogen-bond donors (Lipinski definition) is 0. The predicted molar refractivity (Wildman–Crippen MR) is 68.6 cm³/mol. The average molecular weight is 286 g/mol. The summed E-state index contributed by atoms with van der Waals surface area (Å²) in [6.07, 6.45) is -1.03. The quantitative estimate of drug-likeness (QED) is 0.790. The number of rotatable bonds is 1. The van der Waals surface area contributed by atoms with E-state index in [9.17, 15) is 13.2 Å². The molecule has 0 spiro atoms. The standard InChI is InChI=1S/C13H17F3N4/c1-19-5-2-3-9(8-19)20-6-4-10-11(13(14,15)16)7-17-18-12(10)20/h7,9H,2-6,8H2,1H3/t9-/m1/s1. The maximum absolute atomic E-state index is 13.0. The normalized spacial score (nSPS) is 24.0. The minimum atomic E-state index is -4.35. The van der Waals surface area contributed by atoms with Crippen LogP contribution in [0, 0.1) is 0 Å². The Balaban J connectivity index is 1.91. The maximum atomic E-state index is 13.0. The van der Waals surface area contributed by atoms with Gasteiger partial charge in [0.05, 0.1) is 11.8 Å². The van der Waals surface area contributed by atoms with E-state index >= 15 is 0 Å². The second-order valence-corrected chi connectivity index (χ2v) is 5.56. The number of fused-ring (bicyclic) bond motifs is 1. The first-order valence-electron chi connectivity index (χ1n) is 6.84. The van der Waals surface area contributed by atoms with Gasteiger partial charge in [0, 0.05) is 24.7 Å². The van der Waals surface area contributed by atoms with Crippen LogP contribution in [0.5, 0.6) is 0 Å². The van der Waals surface area contributed by atoms with Crippen LogP contribution in [-0.4, -0.2) is 47.8 Å². The van der Waals surface area contributed by atoms with Crippen LogP contribution in [0.15, 0.2) is 6.20 Å². The molecule has 7 heteroatoms. The largest absolute Gasteiger partial charge is 0.418 e. The molecule has 0 aliphatic carbocycles. The number of aromatic nitrogens is 2. The molecule has 1 atom stereocenters. The first-order valence-corrected chi connectivity index (χ1v) is 6.84. The molecule has 0 saturated carbocycles. The van der Waals surface area contributed by atoms with Crippen LogP contribution in [0.2, 0.25) is 0 Å². The van der Waals surface area contributed by atoms with Crippen molar-refractivity contribution in [3.05, 3.63) is 17.3 Å². The van der Waals surface area contributed by atoms with Gasteiger partial charge in [-0.25, -0.2) is 0 Å². The van der Waals surface area contributed by atoms with Crippen molar-refractivity contribution < 1.29 is 13.2 Å².